The van der Waals surface area contributed by atoms with Crippen molar-refractivity contribution in [2.45, 2.75) is 6.42 Å². The van der Waals surface area contributed by atoms with Gasteiger partial charge in [-0.2, -0.15) is 0 Å². The Morgan fingerprint density at radius 1 is 1.22 bits per heavy atom. The van der Waals surface area contributed by atoms with Gasteiger partial charge in [0.2, 0.25) is 11.8 Å². The predicted molar refractivity (Wildman–Crippen MR) is 90.9 cm³/mol. The first-order chi connectivity index (χ1) is 10.7. The van der Waals surface area contributed by atoms with E-state index < -0.39 is 0 Å². The highest BCUT2D eigenvalue weighted by Gasteiger charge is 2.19. The van der Waals surface area contributed by atoms with Crippen LogP contribution in [0.3, 0.4) is 0 Å². The second-order valence-corrected chi connectivity index (χ2v) is 5.29. The molecule has 6 nitrogen and oxygen atoms in total. The lowest BCUT2D eigenvalue weighted by Crippen LogP contribution is -2.49. The summed E-state index contributed by atoms with van der Waals surface area (Å²) in [6.45, 7) is 3.48. The molecule has 0 aliphatic carbocycles. The maximum atomic E-state index is 12.1. The van der Waals surface area contributed by atoms with Crippen molar-refractivity contribution in [3.8, 4) is 5.75 Å². The van der Waals surface area contributed by atoms with Crippen LogP contribution in [0.4, 0.5) is 0 Å². The molecule has 1 fully saturated rings. The lowest BCUT2D eigenvalue weighted by Gasteiger charge is -2.29. The molecule has 2 amide bonds. The number of carbonyl (C=O) groups excluding carboxylic acids is 2. The number of piperazine rings is 1. The summed E-state index contributed by atoms with van der Waals surface area (Å²) in [5, 5.41) is 3.20. The Hall–Kier alpha value is -1.79. The van der Waals surface area contributed by atoms with Crippen LogP contribution in [-0.4, -0.2) is 68.0 Å². The summed E-state index contributed by atoms with van der Waals surface area (Å²) in [6.07, 6.45) is 0.264. The fourth-order valence-corrected chi connectivity index (χ4v) is 2.27. The minimum absolute atomic E-state index is 0. The Labute approximate surface area is 143 Å². The standard InChI is InChI=1S/C16H23N3O3.ClH/c1-18(13-16(21)19-10-8-17-9-11-19)15(20)7-12-22-14-5-3-2-4-6-14;/h2-6,17H,7-13H2,1H3;1H. The number of rotatable bonds is 6. The molecule has 1 N–H and O–H groups in total. The molecule has 128 valence electrons. The molecule has 7 heteroatoms. The summed E-state index contributed by atoms with van der Waals surface area (Å²) in [7, 11) is 1.66. The van der Waals surface area contributed by atoms with Crippen LogP contribution in [0, 0.1) is 0 Å². The van der Waals surface area contributed by atoms with Crippen molar-refractivity contribution in [1.29, 1.82) is 0 Å². The van der Waals surface area contributed by atoms with Crippen LogP contribution in [0.15, 0.2) is 30.3 Å². The maximum absolute atomic E-state index is 12.1. The van der Waals surface area contributed by atoms with Crippen LogP contribution in [0.5, 0.6) is 5.75 Å². The fourth-order valence-electron chi connectivity index (χ4n) is 2.27. The van der Waals surface area contributed by atoms with E-state index in [1.807, 2.05) is 30.3 Å². The number of amides is 2. The molecule has 23 heavy (non-hydrogen) atoms. The number of carbonyl (C=O) groups is 2. The zero-order valence-electron chi connectivity index (χ0n) is 13.4. The maximum Gasteiger partial charge on any atom is 0.242 e. The number of hydrogen-bond donors (Lipinski definition) is 1. The van der Waals surface area contributed by atoms with Crippen LogP contribution >= 0.6 is 12.4 Å². The zero-order valence-corrected chi connectivity index (χ0v) is 14.2. The number of para-hydroxylation sites is 1. The van der Waals surface area contributed by atoms with Crippen molar-refractivity contribution < 1.29 is 14.3 Å². The first-order valence-corrected chi connectivity index (χ1v) is 7.57. The molecule has 0 saturated carbocycles. The molecule has 0 bridgehead atoms. The summed E-state index contributed by atoms with van der Waals surface area (Å²) in [5.74, 6) is 0.663. The number of likely N-dealkylation sites (N-methyl/N-ethyl adjacent to an activating group) is 1. The molecule has 0 radical (unpaired) electrons. The van der Waals surface area contributed by atoms with Crippen molar-refractivity contribution in [2.24, 2.45) is 0 Å². The van der Waals surface area contributed by atoms with Crippen LogP contribution < -0.4 is 10.1 Å². The quantitative estimate of drug-likeness (QED) is 0.830. The Balaban J connectivity index is 0.00000264. The largest absolute Gasteiger partial charge is 0.493 e. The zero-order chi connectivity index (χ0) is 15.8. The molecule has 1 heterocycles. The van der Waals surface area contributed by atoms with Crippen molar-refractivity contribution in [3.63, 3.8) is 0 Å². The lowest BCUT2D eigenvalue weighted by molar-refractivity contribution is -0.140. The highest BCUT2D eigenvalue weighted by atomic mass is 35.5. The second-order valence-electron chi connectivity index (χ2n) is 5.29. The Morgan fingerprint density at radius 2 is 1.87 bits per heavy atom. The number of benzene rings is 1. The van der Waals surface area contributed by atoms with Gasteiger partial charge in [-0.05, 0) is 12.1 Å². The van der Waals surface area contributed by atoms with Crippen LogP contribution in [0.2, 0.25) is 0 Å². The number of halogens is 1. The van der Waals surface area contributed by atoms with E-state index in [1.54, 1.807) is 11.9 Å². The van der Waals surface area contributed by atoms with Crippen molar-refractivity contribution in [3.05, 3.63) is 30.3 Å². The molecule has 2 rings (SSSR count). The van der Waals surface area contributed by atoms with Gasteiger partial charge in [0.1, 0.15) is 5.75 Å². The molecule has 1 aromatic carbocycles. The third kappa shape index (κ3) is 6.46. The van der Waals surface area contributed by atoms with E-state index in [9.17, 15) is 9.59 Å². The van der Waals surface area contributed by atoms with Crippen LogP contribution in [0.25, 0.3) is 0 Å². The average molecular weight is 342 g/mol. The van der Waals surface area contributed by atoms with Crippen LogP contribution in [-0.2, 0) is 9.59 Å². The first-order valence-electron chi connectivity index (χ1n) is 7.57. The molecular formula is C16H24ClN3O3. The minimum atomic E-state index is -0.0839. The van der Waals surface area contributed by atoms with E-state index in [0.29, 0.717) is 19.7 Å². The molecule has 1 aromatic rings. The van der Waals surface area contributed by atoms with Gasteiger partial charge in [-0.1, -0.05) is 18.2 Å². The van der Waals surface area contributed by atoms with Gasteiger partial charge in [0.05, 0.1) is 19.6 Å². The summed E-state index contributed by atoms with van der Waals surface area (Å²) in [4.78, 5) is 27.4. The van der Waals surface area contributed by atoms with Gasteiger partial charge in [0, 0.05) is 33.2 Å². The number of nitrogens with one attached hydrogen (secondary N) is 1. The summed E-state index contributed by atoms with van der Waals surface area (Å²) in [5.41, 5.74) is 0. The van der Waals surface area contributed by atoms with E-state index in [-0.39, 0.29) is 37.2 Å². The molecule has 1 aliphatic rings. The predicted octanol–water partition coefficient (Wildman–Crippen LogP) is 0.768. The van der Waals surface area contributed by atoms with Gasteiger partial charge >= 0.3 is 0 Å². The summed E-state index contributed by atoms with van der Waals surface area (Å²) in [6, 6.07) is 9.38. The lowest BCUT2D eigenvalue weighted by atomic mass is 10.3. The first kappa shape index (κ1) is 19.3. The van der Waals surface area contributed by atoms with Gasteiger partial charge in [-0.25, -0.2) is 0 Å². The van der Waals surface area contributed by atoms with E-state index in [1.165, 1.54) is 4.90 Å². The number of hydrogen-bond acceptors (Lipinski definition) is 4. The van der Waals surface area contributed by atoms with E-state index in [0.717, 1.165) is 18.8 Å². The SMILES string of the molecule is CN(CC(=O)N1CCNCC1)C(=O)CCOc1ccccc1.Cl. The molecule has 1 aliphatic heterocycles. The molecule has 1 saturated heterocycles. The molecular weight excluding hydrogens is 318 g/mol. The number of nitrogens with zero attached hydrogens (tertiary/aromatic N) is 2. The average Bonchev–Trinajstić information content (AvgIpc) is 2.56. The van der Waals surface area contributed by atoms with Gasteiger partial charge in [-0.3, -0.25) is 9.59 Å². The van der Waals surface area contributed by atoms with Crippen molar-refractivity contribution in [1.82, 2.24) is 15.1 Å². The highest BCUT2D eigenvalue weighted by molar-refractivity contribution is 5.85. The Kier molecular flexibility index (Phi) is 8.43. The topological polar surface area (TPSA) is 61.9 Å². The molecule has 0 spiro atoms. The van der Waals surface area contributed by atoms with Crippen molar-refractivity contribution in [2.75, 3.05) is 46.4 Å². The Morgan fingerprint density at radius 3 is 2.52 bits per heavy atom. The van der Waals surface area contributed by atoms with Gasteiger partial charge < -0.3 is 19.9 Å². The fraction of sp³-hybridized carbons (Fsp3) is 0.500. The minimum Gasteiger partial charge on any atom is -0.493 e. The third-order valence-electron chi connectivity index (χ3n) is 3.60. The Bertz CT molecular complexity index is 493. The molecule has 0 unspecified atom stereocenters. The van der Waals surface area contributed by atoms with E-state index in [2.05, 4.69) is 5.32 Å². The van der Waals surface area contributed by atoms with Crippen LogP contribution in [0.1, 0.15) is 6.42 Å². The van der Waals surface area contributed by atoms with Gasteiger partial charge in [0.15, 0.2) is 0 Å². The summed E-state index contributed by atoms with van der Waals surface area (Å²) < 4.78 is 5.50. The van der Waals surface area contributed by atoms with Gasteiger partial charge in [0.25, 0.3) is 0 Å². The van der Waals surface area contributed by atoms with Crippen molar-refractivity contribution >= 4 is 24.2 Å². The highest BCUT2D eigenvalue weighted by Crippen LogP contribution is 2.08. The van der Waals surface area contributed by atoms with Gasteiger partial charge in [-0.15, -0.1) is 12.4 Å². The van der Waals surface area contributed by atoms with E-state index in [4.69, 9.17) is 4.74 Å². The smallest absolute Gasteiger partial charge is 0.242 e. The summed E-state index contributed by atoms with van der Waals surface area (Å²) >= 11 is 0. The normalized spacial score (nSPS) is 13.9. The monoisotopic (exact) mass is 341 g/mol. The third-order valence-corrected chi connectivity index (χ3v) is 3.60. The number of ether oxygens (including phenoxy) is 1. The second kappa shape index (κ2) is 10.1. The van der Waals surface area contributed by atoms with E-state index >= 15 is 0 Å². The molecule has 0 atom stereocenters. The molecule has 0 aromatic heterocycles.